The summed E-state index contributed by atoms with van der Waals surface area (Å²) in [5.41, 5.74) is 5.85. The van der Waals surface area contributed by atoms with Gasteiger partial charge in [-0.05, 0) is 12.1 Å². The molecule has 0 spiro atoms. The number of nitrogens with zero attached hydrogens (tertiary/aromatic N) is 1. The predicted molar refractivity (Wildman–Crippen MR) is 45.0 cm³/mol. The molecule has 0 amide bonds. The molecule has 56 valence electrons. The Morgan fingerprint density at radius 2 is 2.10 bits per heavy atom. The molecule has 0 unspecified atom stereocenters. The zero-order valence-corrected chi connectivity index (χ0v) is 6.89. The largest absolute Gasteiger partial charge is 0.396 e. The van der Waals surface area contributed by atoms with E-state index in [0.29, 0.717) is 10.8 Å². The number of halogens is 1. The lowest BCUT2D eigenvalue weighted by Crippen LogP contribution is -1.85. The van der Waals surface area contributed by atoms with Crippen LogP contribution in [0.15, 0.2) is 18.3 Å². The highest BCUT2D eigenvalue weighted by atomic mass is 35.5. The minimum Gasteiger partial charge on any atom is -0.396 e. The van der Waals surface area contributed by atoms with Gasteiger partial charge in [0.05, 0.1) is 5.69 Å². The van der Waals surface area contributed by atoms with Crippen molar-refractivity contribution in [1.29, 1.82) is 0 Å². The zero-order chi connectivity index (χ0) is 7.98. The molecule has 1 aromatic rings. The minimum atomic E-state index is 0.368. The van der Waals surface area contributed by atoms with Crippen molar-refractivity contribution in [2.24, 2.45) is 0 Å². The first-order valence-corrected chi connectivity index (χ1v) is 3.54. The van der Waals surface area contributed by atoms with Crippen molar-refractivity contribution >= 4 is 17.3 Å². The van der Waals surface area contributed by atoms with E-state index in [1.54, 1.807) is 18.3 Å². The summed E-state index contributed by atoms with van der Waals surface area (Å²) in [7, 11) is 0. The van der Waals surface area contributed by atoms with Crippen LogP contribution in [-0.4, -0.2) is 4.98 Å². The van der Waals surface area contributed by atoms with Crippen molar-refractivity contribution in [2.45, 2.75) is 13.8 Å². The third kappa shape index (κ3) is 2.69. The molecule has 2 N–H and O–H groups in total. The molecule has 0 aliphatic carbocycles. The van der Waals surface area contributed by atoms with Gasteiger partial charge in [0, 0.05) is 6.20 Å². The monoisotopic (exact) mass is 158 g/mol. The summed E-state index contributed by atoms with van der Waals surface area (Å²) in [6, 6.07) is 3.44. The van der Waals surface area contributed by atoms with Gasteiger partial charge in [-0.3, -0.25) is 0 Å². The van der Waals surface area contributed by atoms with E-state index in [1.807, 2.05) is 13.8 Å². The average Bonchev–Trinajstić information content (AvgIpc) is 2.00. The van der Waals surface area contributed by atoms with Crippen LogP contribution in [0, 0.1) is 0 Å². The molecule has 2 nitrogen and oxygen atoms in total. The Morgan fingerprint density at radius 3 is 2.40 bits per heavy atom. The number of anilines is 1. The number of hydrogen-bond acceptors (Lipinski definition) is 2. The van der Waals surface area contributed by atoms with Gasteiger partial charge in [-0.2, -0.15) is 0 Å². The molecule has 1 rings (SSSR count). The van der Waals surface area contributed by atoms with Gasteiger partial charge in [0.2, 0.25) is 0 Å². The second-order valence-electron chi connectivity index (χ2n) is 1.38. The van der Waals surface area contributed by atoms with E-state index in [1.165, 1.54) is 0 Å². The summed E-state index contributed by atoms with van der Waals surface area (Å²) < 4.78 is 0. The highest BCUT2D eigenvalue weighted by Crippen LogP contribution is 2.11. The number of nitrogen functional groups attached to an aromatic ring is 1. The van der Waals surface area contributed by atoms with E-state index in [9.17, 15) is 0 Å². The van der Waals surface area contributed by atoms with E-state index >= 15 is 0 Å². The van der Waals surface area contributed by atoms with Crippen LogP contribution in [0.4, 0.5) is 5.69 Å². The highest BCUT2D eigenvalue weighted by Gasteiger charge is 1.89. The van der Waals surface area contributed by atoms with Gasteiger partial charge in [0.1, 0.15) is 0 Å². The Balaban J connectivity index is 0.000000371. The molecule has 0 saturated carbocycles. The van der Waals surface area contributed by atoms with Crippen molar-refractivity contribution in [3.63, 3.8) is 0 Å². The molecule has 0 aliphatic heterocycles. The molecular formula is C7H11ClN2. The topological polar surface area (TPSA) is 38.9 Å². The number of pyridine rings is 1. The summed E-state index contributed by atoms with van der Waals surface area (Å²) in [5, 5.41) is 0.368. The second-order valence-corrected chi connectivity index (χ2v) is 1.74. The quantitative estimate of drug-likeness (QED) is 0.589. The first-order valence-electron chi connectivity index (χ1n) is 3.16. The third-order valence-electron chi connectivity index (χ3n) is 0.788. The Kier molecular flexibility index (Phi) is 4.67. The lowest BCUT2D eigenvalue weighted by molar-refractivity contribution is 1.33. The third-order valence-corrected chi connectivity index (χ3v) is 1.10. The fourth-order valence-electron chi connectivity index (χ4n) is 0.398. The second kappa shape index (κ2) is 5.06. The molecule has 0 fully saturated rings. The smallest absolute Gasteiger partial charge is 0.151 e. The normalized spacial score (nSPS) is 7.90. The lowest BCUT2D eigenvalue weighted by Gasteiger charge is -1.90. The van der Waals surface area contributed by atoms with Crippen molar-refractivity contribution in [3.05, 3.63) is 23.5 Å². The standard InChI is InChI=1S/C5H5ClN2.C2H6/c6-5-4(7)2-1-3-8-5;1-2/h1-3H,7H2;1-2H3. The highest BCUT2D eigenvalue weighted by molar-refractivity contribution is 6.31. The average molecular weight is 159 g/mol. The fraction of sp³-hybridized carbons (Fsp3) is 0.286. The summed E-state index contributed by atoms with van der Waals surface area (Å²) in [6.07, 6.45) is 1.60. The van der Waals surface area contributed by atoms with Crippen molar-refractivity contribution in [1.82, 2.24) is 4.98 Å². The van der Waals surface area contributed by atoms with E-state index in [4.69, 9.17) is 17.3 Å². The molecule has 10 heavy (non-hydrogen) atoms. The van der Waals surface area contributed by atoms with Crippen LogP contribution in [0.1, 0.15) is 13.8 Å². The lowest BCUT2D eigenvalue weighted by atomic mass is 10.4. The first-order chi connectivity index (χ1) is 4.80. The minimum absolute atomic E-state index is 0.368. The van der Waals surface area contributed by atoms with E-state index in [-0.39, 0.29) is 0 Å². The summed E-state index contributed by atoms with van der Waals surface area (Å²) in [4.78, 5) is 3.72. The van der Waals surface area contributed by atoms with Gasteiger partial charge in [-0.15, -0.1) is 0 Å². The van der Waals surface area contributed by atoms with E-state index in [0.717, 1.165) is 0 Å². The fourth-order valence-corrected chi connectivity index (χ4v) is 0.518. The molecule has 3 heteroatoms. The Bertz CT molecular complexity index is 168. The first kappa shape index (κ1) is 9.24. The molecule has 1 aromatic heterocycles. The Hall–Kier alpha value is -0.760. The molecule has 0 bridgehead atoms. The van der Waals surface area contributed by atoms with Gasteiger partial charge >= 0.3 is 0 Å². The number of nitrogens with two attached hydrogens (primary N) is 1. The summed E-state index contributed by atoms with van der Waals surface area (Å²) >= 11 is 5.47. The summed E-state index contributed by atoms with van der Waals surface area (Å²) in [5.74, 6) is 0. The molecule has 0 radical (unpaired) electrons. The Morgan fingerprint density at radius 1 is 1.50 bits per heavy atom. The predicted octanol–water partition coefficient (Wildman–Crippen LogP) is 2.34. The number of hydrogen-bond donors (Lipinski definition) is 1. The maximum atomic E-state index is 5.47. The maximum Gasteiger partial charge on any atom is 0.151 e. The van der Waals surface area contributed by atoms with Gasteiger partial charge in [0.15, 0.2) is 5.15 Å². The molecule has 0 saturated heterocycles. The van der Waals surface area contributed by atoms with Gasteiger partial charge in [-0.1, -0.05) is 25.4 Å². The van der Waals surface area contributed by atoms with Gasteiger partial charge in [-0.25, -0.2) is 4.98 Å². The molecule has 1 heterocycles. The summed E-state index contributed by atoms with van der Waals surface area (Å²) in [6.45, 7) is 4.00. The number of aromatic nitrogens is 1. The van der Waals surface area contributed by atoms with Crippen molar-refractivity contribution in [3.8, 4) is 0 Å². The maximum absolute atomic E-state index is 5.47. The zero-order valence-electron chi connectivity index (χ0n) is 6.13. The van der Waals surface area contributed by atoms with Gasteiger partial charge < -0.3 is 5.73 Å². The molecule has 0 aliphatic rings. The van der Waals surface area contributed by atoms with Crippen LogP contribution in [0.5, 0.6) is 0 Å². The Labute approximate surface area is 66.0 Å². The van der Waals surface area contributed by atoms with Crippen LogP contribution in [0.3, 0.4) is 0 Å². The molecule has 0 aromatic carbocycles. The van der Waals surface area contributed by atoms with E-state index < -0.39 is 0 Å². The van der Waals surface area contributed by atoms with Gasteiger partial charge in [0.25, 0.3) is 0 Å². The van der Waals surface area contributed by atoms with Crippen molar-refractivity contribution in [2.75, 3.05) is 5.73 Å². The van der Waals surface area contributed by atoms with Crippen LogP contribution in [0.25, 0.3) is 0 Å². The van der Waals surface area contributed by atoms with Crippen LogP contribution in [0.2, 0.25) is 5.15 Å². The van der Waals surface area contributed by atoms with E-state index in [2.05, 4.69) is 4.98 Å². The van der Waals surface area contributed by atoms with Crippen LogP contribution in [-0.2, 0) is 0 Å². The van der Waals surface area contributed by atoms with Crippen LogP contribution < -0.4 is 5.73 Å². The SMILES string of the molecule is CC.Nc1cccnc1Cl. The molecule has 0 atom stereocenters. The van der Waals surface area contributed by atoms with Crippen LogP contribution >= 0.6 is 11.6 Å². The molecular weight excluding hydrogens is 148 g/mol. The van der Waals surface area contributed by atoms with Crippen molar-refractivity contribution < 1.29 is 0 Å². The number of rotatable bonds is 0.